The molecule has 1 aliphatic carbocycles. The molecule has 8 nitrogen and oxygen atoms in total. The van der Waals surface area contributed by atoms with Crippen LogP contribution in [0.25, 0.3) is 0 Å². The smallest absolute Gasteiger partial charge is 0.420 e. The average molecular weight is 467 g/mol. The zero-order valence-electron chi connectivity index (χ0n) is 17.3. The standard InChI is InChI=1S/C22H20F3NO7/c1-32-14-6-7-16(15(10-14)22(23,24)25)33-13-4-2-12(3-5-13)11-26-20(31)21(8-9-21)17(18(27)28)19(29)30/h2-7,10,17H,8-9,11H2,1H3,(H,26,31)(H,27,28)(H,29,30). The summed E-state index contributed by atoms with van der Waals surface area (Å²) in [5.41, 5.74) is -1.93. The van der Waals surface area contributed by atoms with Gasteiger partial charge in [0.25, 0.3) is 0 Å². The maximum absolute atomic E-state index is 13.3. The molecule has 0 unspecified atom stereocenters. The van der Waals surface area contributed by atoms with Crippen molar-refractivity contribution >= 4 is 17.8 Å². The van der Waals surface area contributed by atoms with Crippen LogP contribution in [0.4, 0.5) is 13.2 Å². The Hall–Kier alpha value is -3.76. The molecular weight excluding hydrogens is 447 g/mol. The van der Waals surface area contributed by atoms with Crippen LogP contribution in [0.5, 0.6) is 17.2 Å². The molecule has 1 amide bonds. The Labute approximate surface area is 185 Å². The Kier molecular flexibility index (Phi) is 6.52. The quantitative estimate of drug-likeness (QED) is 0.481. The lowest BCUT2D eigenvalue weighted by Gasteiger charge is -2.19. The summed E-state index contributed by atoms with van der Waals surface area (Å²) in [6.45, 7) is -0.0246. The van der Waals surface area contributed by atoms with Gasteiger partial charge in [-0.1, -0.05) is 12.1 Å². The molecule has 0 aliphatic heterocycles. The number of hydrogen-bond acceptors (Lipinski definition) is 5. The third kappa shape index (κ3) is 5.18. The number of halogens is 3. The van der Waals surface area contributed by atoms with E-state index in [1.54, 1.807) is 0 Å². The Morgan fingerprint density at radius 2 is 1.61 bits per heavy atom. The fraction of sp³-hybridized carbons (Fsp3) is 0.318. The molecule has 176 valence electrons. The van der Waals surface area contributed by atoms with Crippen molar-refractivity contribution in [3.63, 3.8) is 0 Å². The van der Waals surface area contributed by atoms with Crippen molar-refractivity contribution in [3.8, 4) is 17.2 Å². The molecule has 0 spiro atoms. The summed E-state index contributed by atoms with van der Waals surface area (Å²) in [5, 5.41) is 20.8. The van der Waals surface area contributed by atoms with Crippen molar-refractivity contribution in [1.29, 1.82) is 0 Å². The molecule has 2 aromatic rings. The van der Waals surface area contributed by atoms with Crippen molar-refractivity contribution in [2.75, 3.05) is 7.11 Å². The highest BCUT2D eigenvalue weighted by molar-refractivity contribution is 6.02. The molecule has 0 radical (unpaired) electrons. The lowest BCUT2D eigenvalue weighted by Crippen LogP contribution is -2.43. The van der Waals surface area contributed by atoms with Gasteiger partial charge in [0.2, 0.25) is 5.91 Å². The minimum absolute atomic E-state index is 0.0246. The summed E-state index contributed by atoms with van der Waals surface area (Å²) in [6.07, 6.45) is -4.35. The zero-order chi connectivity index (χ0) is 24.4. The normalized spacial score (nSPS) is 14.5. The Morgan fingerprint density at radius 3 is 2.09 bits per heavy atom. The molecule has 1 fully saturated rings. The first-order chi connectivity index (χ1) is 15.5. The summed E-state index contributed by atoms with van der Waals surface area (Å²) in [7, 11) is 1.25. The molecule has 1 saturated carbocycles. The number of nitrogens with one attached hydrogen (secondary N) is 1. The number of amides is 1. The minimum atomic E-state index is -4.66. The summed E-state index contributed by atoms with van der Waals surface area (Å²) < 4.78 is 50.2. The molecule has 2 aromatic carbocycles. The number of rotatable bonds is 9. The van der Waals surface area contributed by atoms with E-state index < -0.39 is 46.7 Å². The largest absolute Gasteiger partial charge is 0.497 e. The molecule has 11 heteroatoms. The van der Waals surface area contributed by atoms with Crippen LogP contribution in [-0.2, 0) is 27.1 Å². The number of benzene rings is 2. The van der Waals surface area contributed by atoms with Gasteiger partial charge in [-0.2, -0.15) is 13.2 Å². The SMILES string of the molecule is COc1ccc(Oc2ccc(CNC(=O)C3(C(C(=O)O)C(=O)O)CC3)cc2)c(C(F)(F)F)c1. The van der Waals surface area contributed by atoms with E-state index in [1.807, 2.05) is 0 Å². The van der Waals surface area contributed by atoms with Crippen LogP contribution in [-0.4, -0.2) is 35.2 Å². The van der Waals surface area contributed by atoms with Crippen LogP contribution < -0.4 is 14.8 Å². The fourth-order valence-electron chi connectivity index (χ4n) is 3.47. The van der Waals surface area contributed by atoms with E-state index in [0.717, 1.165) is 12.1 Å². The molecule has 1 aliphatic rings. The molecule has 0 saturated heterocycles. The number of aliphatic carboxylic acids is 2. The van der Waals surface area contributed by atoms with Crippen LogP contribution in [0.3, 0.4) is 0 Å². The predicted molar refractivity (Wildman–Crippen MR) is 107 cm³/mol. The second-order valence-corrected chi connectivity index (χ2v) is 7.55. The van der Waals surface area contributed by atoms with Gasteiger partial charge in [-0.15, -0.1) is 0 Å². The summed E-state index contributed by atoms with van der Waals surface area (Å²) in [4.78, 5) is 35.0. The van der Waals surface area contributed by atoms with E-state index in [0.29, 0.717) is 5.56 Å². The van der Waals surface area contributed by atoms with Crippen LogP contribution in [0.1, 0.15) is 24.0 Å². The predicted octanol–water partition coefficient (Wildman–Crippen LogP) is 3.69. The van der Waals surface area contributed by atoms with Gasteiger partial charge in [0, 0.05) is 6.54 Å². The Bertz CT molecular complexity index is 1050. The van der Waals surface area contributed by atoms with E-state index in [-0.39, 0.29) is 30.9 Å². The van der Waals surface area contributed by atoms with Gasteiger partial charge in [-0.25, -0.2) is 0 Å². The number of carbonyl (C=O) groups excluding carboxylic acids is 1. The van der Waals surface area contributed by atoms with Gasteiger partial charge in [0.15, 0.2) is 5.92 Å². The highest BCUT2D eigenvalue weighted by atomic mass is 19.4. The maximum atomic E-state index is 13.3. The van der Waals surface area contributed by atoms with E-state index in [2.05, 4.69) is 5.32 Å². The first kappa shape index (κ1) is 23.9. The number of carbonyl (C=O) groups is 3. The van der Waals surface area contributed by atoms with Crippen molar-refractivity contribution in [3.05, 3.63) is 53.6 Å². The molecule has 0 atom stereocenters. The van der Waals surface area contributed by atoms with Crippen molar-refractivity contribution in [2.45, 2.75) is 25.6 Å². The van der Waals surface area contributed by atoms with Crippen molar-refractivity contribution in [1.82, 2.24) is 5.32 Å². The van der Waals surface area contributed by atoms with Gasteiger partial charge in [0.05, 0.1) is 12.5 Å². The Balaban J connectivity index is 1.67. The van der Waals surface area contributed by atoms with E-state index in [9.17, 15) is 27.6 Å². The third-order valence-electron chi connectivity index (χ3n) is 5.38. The topological polar surface area (TPSA) is 122 Å². The highest BCUT2D eigenvalue weighted by Crippen LogP contribution is 2.52. The van der Waals surface area contributed by atoms with Gasteiger partial charge in [-0.3, -0.25) is 14.4 Å². The molecular formula is C22H20F3NO7. The summed E-state index contributed by atoms with van der Waals surface area (Å²) >= 11 is 0. The first-order valence-corrected chi connectivity index (χ1v) is 9.74. The van der Waals surface area contributed by atoms with Crippen LogP contribution >= 0.6 is 0 Å². The van der Waals surface area contributed by atoms with Crippen LogP contribution in [0.15, 0.2) is 42.5 Å². The van der Waals surface area contributed by atoms with Crippen molar-refractivity contribution in [2.24, 2.45) is 11.3 Å². The lowest BCUT2D eigenvalue weighted by atomic mass is 9.88. The number of alkyl halides is 3. The molecule has 3 N–H and O–H groups in total. The molecule has 0 aromatic heterocycles. The van der Waals surface area contributed by atoms with Gasteiger partial charge in [0.1, 0.15) is 22.8 Å². The number of carboxylic acid groups (broad SMARTS) is 2. The lowest BCUT2D eigenvalue weighted by molar-refractivity contribution is -0.161. The minimum Gasteiger partial charge on any atom is -0.497 e. The maximum Gasteiger partial charge on any atom is 0.420 e. The summed E-state index contributed by atoms with van der Waals surface area (Å²) in [6, 6.07) is 9.16. The van der Waals surface area contributed by atoms with E-state index >= 15 is 0 Å². The monoisotopic (exact) mass is 467 g/mol. The highest BCUT2D eigenvalue weighted by Gasteiger charge is 2.61. The molecule has 0 heterocycles. The first-order valence-electron chi connectivity index (χ1n) is 9.74. The van der Waals surface area contributed by atoms with Gasteiger partial charge >= 0.3 is 18.1 Å². The van der Waals surface area contributed by atoms with Crippen molar-refractivity contribution < 1.29 is 47.2 Å². The average Bonchev–Trinajstić information content (AvgIpc) is 3.53. The molecule has 3 rings (SSSR count). The van der Waals surface area contributed by atoms with E-state index in [1.165, 1.54) is 37.4 Å². The number of carboxylic acids is 2. The zero-order valence-corrected chi connectivity index (χ0v) is 17.3. The number of hydrogen-bond donors (Lipinski definition) is 3. The summed E-state index contributed by atoms with van der Waals surface area (Å²) in [5.74, 6) is -5.92. The fourth-order valence-corrected chi connectivity index (χ4v) is 3.47. The van der Waals surface area contributed by atoms with E-state index in [4.69, 9.17) is 19.7 Å². The number of ether oxygens (including phenoxy) is 2. The second kappa shape index (κ2) is 9.00. The molecule has 33 heavy (non-hydrogen) atoms. The third-order valence-corrected chi connectivity index (χ3v) is 5.38. The number of methoxy groups -OCH3 is 1. The Morgan fingerprint density at radius 1 is 1.03 bits per heavy atom. The van der Waals surface area contributed by atoms with Crippen LogP contribution in [0, 0.1) is 11.3 Å². The van der Waals surface area contributed by atoms with Crippen LogP contribution in [0.2, 0.25) is 0 Å². The van der Waals surface area contributed by atoms with Gasteiger partial charge in [-0.05, 0) is 48.7 Å². The second-order valence-electron chi connectivity index (χ2n) is 7.55. The molecule has 0 bridgehead atoms. The van der Waals surface area contributed by atoms with Gasteiger partial charge < -0.3 is 25.0 Å².